The van der Waals surface area contributed by atoms with Crippen molar-refractivity contribution in [3.05, 3.63) is 24.3 Å². The lowest BCUT2D eigenvalue weighted by Crippen LogP contribution is -2.39. The van der Waals surface area contributed by atoms with Crippen molar-refractivity contribution in [1.29, 1.82) is 0 Å². The number of anilines is 1. The molecule has 0 unspecified atom stereocenters. The lowest BCUT2D eigenvalue weighted by atomic mass is 10.0. The number of nitrogens with one attached hydrogen (secondary N) is 1. The van der Waals surface area contributed by atoms with Crippen molar-refractivity contribution in [2.75, 3.05) is 25.1 Å². The molecule has 1 aromatic carbocycles. The highest BCUT2D eigenvalue weighted by molar-refractivity contribution is 5.94. The molecule has 18 heavy (non-hydrogen) atoms. The maximum Gasteiger partial charge on any atom is 0.228 e. The first-order chi connectivity index (χ1) is 8.52. The number of rotatable bonds is 2. The van der Waals surface area contributed by atoms with E-state index >= 15 is 0 Å². The quantitative estimate of drug-likeness (QED) is 0.867. The average Bonchev–Trinajstić information content (AvgIpc) is 2.47. The molecule has 1 heterocycles. The van der Waals surface area contributed by atoms with Crippen LogP contribution in [0.1, 0.15) is 20.3 Å². The van der Waals surface area contributed by atoms with Gasteiger partial charge in [0, 0.05) is 30.7 Å². The van der Waals surface area contributed by atoms with Gasteiger partial charge in [0.25, 0.3) is 0 Å². The summed E-state index contributed by atoms with van der Waals surface area (Å²) in [5.41, 5.74) is 0.804. The first-order valence-corrected chi connectivity index (χ1v) is 6.21. The Morgan fingerprint density at radius 2 is 1.94 bits per heavy atom. The first kappa shape index (κ1) is 12.9. The van der Waals surface area contributed by atoms with Crippen LogP contribution in [0.5, 0.6) is 5.75 Å². The second-order valence-electron chi connectivity index (χ2n) is 5.23. The van der Waals surface area contributed by atoms with Crippen LogP contribution in [0.25, 0.3) is 0 Å². The predicted molar refractivity (Wildman–Crippen MR) is 72.0 cm³/mol. The Labute approximate surface area is 108 Å². The molecule has 0 atom stereocenters. The number of carbonyl (C=O) groups is 1. The number of ether oxygens (including phenoxy) is 1. The molecule has 0 bridgehead atoms. The third-order valence-electron chi connectivity index (χ3n) is 3.22. The van der Waals surface area contributed by atoms with Gasteiger partial charge in [-0.3, -0.25) is 4.79 Å². The fourth-order valence-corrected chi connectivity index (χ4v) is 2.20. The Hall–Kier alpha value is -1.55. The number of benzene rings is 1. The Bertz CT molecular complexity index is 426. The van der Waals surface area contributed by atoms with Gasteiger partial charge in [0.2, 0.25) is 5.91 Å². The molecule has 1 aromatic rings. The molecule has 0 aromatic heterocycles. The van der Waals surface area contributed by atoms with E-state index in [9.17, 15) is 4.79 Å². The summed E-state index contributed by atoms with van der Waals surface area (Å²) >= 11 is 0. The minimum atomic E-state index is -0.127. The summed E-state index contributed by atoms with van der Waals surface area (Å²) in [4.78, 5) is 14.1. The van der Waals surface area contributed by atoms with Gasteiger partial charge in [0.1, 0.15) is 5.75 Å². The molecule has 1 aliphatic heterocycles. The number of methoxy groups -OCH3 is 1. The van der Waals surface area contributed by atoms with E-state index in [1.807, 2.05) is 29.2 Å². The molecule has 2 rings (SSSR count). The van der Waals surface area contributed by atoms with E-state index < -0.39 is 0 Å². The highest BCUT2D eigenvalue weighted by Crippen LogP contribution is 2.23. The van der Waals surface area contributed by atoms with Gasteiger partial charge in [-0.05, 0) is 38.1 Å². The van der Waals surface area contributed by atoms with E-state index in [-0.39, 0.29) is 11.4 Å². The summed E-state index contributed by atoms with van der Waals surface area (Å²) < 4.78 is 5.13. The maximum absolute atomic E-state index is 12.2. The zero-order valence-electron chi connectivity index (χ0n) is 11.2. The summed E-state index contributed by atoms with van der Waals surface area (Å²) in [6.45, 7) is 5.63. The first-order valence-electron chi connectivity index (χ1n) is 6.21. The Morgan fingerprint density at radius 3 is 2.56 bits per heavy atom. The molecule has 4 nitrogen and oxygen atoms in total. The molecular formula is C14H20N2O2. The van der Waals surface area contributed by atoms with E-state index in [0.717, 1.165) is 18.0 Å². The topological polar surface area (TPSA) is 41.6 Å². The predicted octanol–water partition coefficient (Wildman–Crippen LogP) is 1.80. The van der Waals surface area contributed by atoms with Gasteiger partial charge >= 0.3 is 0 Å². The Kier molecular flexibility index (Phi) is 3.57. The molecule has 4 heteroatoms. The van der Waals surface area contributed by atoms with Crippen LogP contribution in [-0.2, 0) is 4.79 Å². The van der Waals surface area contributed by atoms with Crippen molar-refractivity contribution in [2.45, 2.75) is 25.8 Å². The second kappa shape index (κ2) is 4.98. The van der Waals surface area contributed by atoms with Crippen molar-refractivity contribution in [3.63, 3.8) is 0 Å². The lowest BCUT2D eigenvalue weighted by molar-refractivity contribution is -0.119. The largest absolute Gasteiger partial charge is 0.497 e. The van der Waals surface area contributed by atoms with E-state index in [4.69, 9.17) is 4.74 Å². The number of carbonyl (C=O) groups excluding carboxylic acids is 1. The molecule has 0 radical (unpaired) electrons. The molecule has 0 spiro atoms. The monoisotopic (exact) mass is 248 g/mol. The zero-order chi connectivity index (χ0) is 13.2. The molecule has 1 N–H and O–H groups in total. The van der Waals surface area contributed by atoms with Crippen LogP contribution in [0.15, 0.2) is 24.3 Å². The minimum absolute atomic E-state index is 0.127. The summed E-state index contributed by atoms with van der Waals surface area (Å²) in [6.07, 6.45) is 0.513. The van der Waals surface area contributed by atoms with E-state index in [1.54, 1.807) is 7.11 Å². The van der Waals surface area contributed by atoms with Gasteiger partial charge in [0.05, 0.1) is 7.11 Å². The Morgan fingerprint density at radius 1 is 1.28 bits per heavy atom. The smallest absolute Gasteiger partial charge is 0.228 e. The van der Waals surface area contributed by atoms with Gasteiger partial charge in [-0.2, -0.15) is 0 Å². The van der Waals surface area contributed by atoms with Crippen molar-refractivity contribution in [2.24, 2.45) is 0 Å². The second-order valence-corrected chi connectivity index (χ2v) is 5.23. The lowest BCUT2D eigenvalue weighted by Gasteiger charge is -2.23. The third kappa shape index (κ3) is 2.82. The third-order valence-corrected chi connectivity index (χ3v) is 3.22. The molecule has 1 amide bonds. The normalized spacial score (nSPS) is 19.5. The summed E-state index contributed by atoms with van der Waals surface area (Å²) in [6, 6.07) is 7.61. The van der Waals surface area contributed by atoms with Crippen molar-refractivity contribution in [1.82, 2.24) is 5.32 Å². The molecule has 1 saturated heterocycles. The molecule has 0 saturated carbocycles. The molecule has 1 aliphatic rings. The van der Waals surface area contributed by atoms with E-state index in [1.165, 1.54) is 0 Å². The highest BCUT2D eigenvalue weighted by atomic mass is 16.5. The maximum atomic E-state index is 12.2. The fraction of sp³-hybridized carbons (Fsp3) is 0.500. The van der Waals surface area contributed by atoms with E-state index in [0.29, 0.717) is 13.0 Å². The van der Waals surface area contributed by atoms with Gasteiger partial charge in [-0.1, -0.05) is 0 Å². The van der Waals surface area contributed by atoms with Crippen LogP contribution in [0, 0.1) is 0 Å². The average molecular weight is 248 g/mol. The fourth-order valence-electron chi connectivity index (χ4n) is 2.20. The molecule has 1 fully saturated rings. The molecule has 98 valence electrons. The van der Waals surface area contributed by atoms with Crippen molar-refractivity contribution >= 4 is 11.6 Å². The number of hydrogen-bond donors (Lipinski definition) is 1. The van der Waals surface area contributed by atoms with Gasteiger partial charge < -0.3 is 15.0 Å². The van der Waals surface area contributed by atoms with Crippen molar-refractivity contribution in [3.8, 4) is 5.75 Å². The summed E-state index contributed by atoms with van der Waals surface area (Å²) in [5.74, 6) is 0.967. The van der Waals surface area contributed by atoms with Gasteiger partial charge in [-0.15, -0.1) is 0 Å². The summed E-state index contributed by atoms with van der Waals surface area (Å²) in [7, 11) is 1.64. The van der Waals surface area contributed by atoms with Crippen LogP contribution in [-0.4, -0.2) is 31.6 Å². The SMILES string of the molecule is COc1ccc(N2CCNC(C)(C)CC2=O)cc1. The van der Waals surface area contributed by atoms with Crippen LogP contribution >= 0.6 is 0 Å². The van der Waals surface area contributed by atoms with Crippen LogP contribution in [0.4, 0.5) is 5.69 Å². The molecular weight excluding hydrogens is 228 g/mol. The molecule has 0 aliphatic carbocycles. The van der Waals surface area contributed by atoms with Gasteiger partial charge in [-0.25, -0.2) is 0 Å². The highest BCUT2D eigenvalue weighted by Gasteiger charge is 2.28. The van der Waals surface area contributed by atoms with Crippen molar-refractivity contribution < 1.29 is 9.53 Å². The number of nitrogens with zero attached hydrogens (tertiary/aromatic N) is 1. The van der Waals surface area contributed by atoms with Gasteiger partial charge in [0.15, 0.2) is 0 Å². The van der Waals surface area contributed by atoms with Crippen LogP contribution in [0.3, 0.4) is 0 Å². The van der Waals surface area contributed by atoms with Crippen LogP contribution < -0.4 is 15.0 Å². The van der Waals surface area contributed by atoms with Crippen LogP contribution in [0.2, 0.25) is 0 Å². The standard InChI is InChI=1S/C14H20N2O2/c1-14(2)10-13(17)16(9-8-15-14)11-4-6-12(18-3)7-5-11/h4-7,15H,8-10H2,1-3H3. The van der Waals surface area contributed by atoms with E-state index in [2.05, 4.69) is 19.2 Å². The number of amides is 1. The minimum Gasteiger partial charge on any atom is -0.497 e. The zero-order valence-corrected chi connectivity index (χ0v) is 11.2. The Balaban J connectivity index is 2.18. The summed E-state index contributed by atoms with van der Waals surface area (Å²) in [5, 5.41) is 3.39. The number of hydrogen-bond acceptors (Lipinski definition) is 3.